The monoisotopic (exact) mass is 344 g/mol. The summed E-state index contributed by atoms with van der Waals surface area (Å²) in [5.74, 6) is 0.903. The molecule has 2 aromatic rings. The summed E-state index contributed by atoms with van der Waals surface area (Å²) < 4.78 is 5.71. The fraction of sp³-hybridized carbons (Fsp3) is 0.438. The molecule has 0 unspecified atom stereocenters. The number of aromatic amines is 1. The Morgan fingerprint density at radius 3 is 2.88 bits per heavy atom. The van der Waals surface area contributed by atoms with Crippen LogP contribution < -0.4 is 15.0 Å². The van der Waals surface area contributed by atoms with Gasteiger partial charge in [0.2, 0.25) is 0 Å². The van der Waals surface area contributed by atoms with Crippen LogP contribution in [0.1, 0.15) is 28.9 Å². The second-order valence-electron chi connectivity index (χ2n) is 6.49. The van der Waals surface area contributed by atoms with Crippen molar-refractivity contribution in [1.82, 2.24) is 15.5 Å². The lowest BCUT2D eigenvalue weighted by Crippen LogP contribution is -2.50. The van der Waals surface area contributed by atoms with Crippen LogP contribution in [0.25, 0.3) is 10.4 Å². The van der Waals surface area contributed by atoms with Gasteiger partial charge in [0.1, 0.15) is 10.6 Å². The number of carbonyl (C=O) groups is 2. The maximum atomic E-state index is 12.8. The van der Waals surface area contributed by atoms with Crippen LogP contribution in [0.2, 0.25) is 0 Å². The molecule has 3 aliphatic rings. The Morgan fingerprint density at radius 2 is 2.17 bits per heavy atom. The first-order valence-corrected chi connectivity index (χ1v) is 8.94. The van der Waals surface area contributed by atoms with Crippen molar-refractivity contribution in [2.45, 2.75) is 25.3 Å². The lowest BCUT2D eigenvalue weighted by molar-refractivity contribution is -0.121. The van der Waals surface area contributed by atoms with E-state index in [1.807, 2.05) is 0 Å². The minimum atomic E-state index is -0.108. The average molecular weight is 344 g/mol. The summed E-state index contributed by atoms with van der Waals surface area (Å²) in [7, 11) is 0. The summed E-state index contributed by atoms with van der Waals surface area (Å²) in [5, 5.41) is 9.88. The van der Waals surface area contributed by atoms with Crippen molar-refractivity contribution in [1.29, 1.82) is 0 Å². The molecule has 0 aromatic carbocycles. The van der Waals surface area contributed by atoms with E-state index in [1.54, 1.807) is 17.3 Å². The van der Waals surface area contributed by atoms with Crippen molar-refractivity contribution >= 4 is 28.8 Å². The van der Waals surface area contributed by atoms with E-state index in [2.05, 4.69) is 15.5 Å². The molecule has 1 aliphatic carbocycles. The second-order valence-corrected chi connectivity index (χ2v) is 7.51. The van der Waals surface area contributed by atoms with Gasteiger partial charge >= 0.3 is 0 Å². The first-order valence-electron chi connectivity index (χ1n) is 8.12. The Balaban J connectivity index is 1.63. The van der Waals surface area contributed by atoms with Crippen molar-refractivity contribution < 1.29 is 14.3 Å². The van der Waals surface area contributed by atoms with Crippen LogP contribution >= 0.6 is 11.3 Å². The highest BCUT2D eigenvalue weighted by Gasteiger charge is 2.42. The van der Waals surface area contributed by atoms with Gasteiger partial charge in [0.15, 0.2) is 12.4 Å². The van der Waals surface area contributed by atoms with Gasteiger partial charge in [-0.25, -0.2) is 0 Å². The summed E-state index contributed by atoms with van der Waals surface area (Å²) >= 11 is 1.36. The number of H-pyrrole nitrogens is 1. The molecule has 2 aromatic heterocycles. The SMILES string of the molecule is O=C1N[C@H](C2CCC2)CN2C(=O)COc3c(-c4cn[nH]c4)sc1c32. The van der Waals surface area contributed by atoms with Crippen LogP contribution in [0.4, 0.5) is 5.69 Å². The van der Waals surface area contributed by atoms with Crippen LogP contribution in [-0.2, 0) is 4.79 Å². The maximum Gasteiger partial charge on any atom is 0.265 e. The van der Waals surface area contributed by atoms with Crippen molar-refractivity contribution in [3.63, 3.8) is 0 Å². The van der Waals surface area contributed by atoms with E-state index in [0.717, 1.165) is 23.3 Å². The number of ether oxygens (including phenoxy) is 1. The standard InChI is InChI=1S/C16H16N4O3S/c21-11-7-23-13-12-15(24-14(13)9-4-17-18-5-9)16(22)19-10(6-20(11)12)8-2-1-3-8/h4-5,8,10H,1-3,6-7H2,(H,17,18)(H,19,22)/t10-/m0/s1. The maximum absolute atomic E-state index is 12.8. The summed E-state index contributed by atoms with van der Waals surface area (Å²) in [6.07, 6.45) is 6.89. The molecule has 5 rings (SSSR count). The molecule has 2 aliphatic heterocycles. The molecular formula is C16H16N4O3S. The zero-order chi connectivity index (χ0) is 16.3. The number of aromatic nitrogens is 2. The van der Waals surface area contributed by atoms with E-state index < -0.39 is 0 Å². The molecule has 1 atom stereocenters. The molecule has 0 radical (unpaired) electrons. The van der Waals surface area contributed by atoms with Gasteiger partial charge in [-0.05, 0) is 18.8 Å². The quantitative estimate of drug-likeness (QED) is 0.869. The fourth-order valence-electron chi connectivity index (χ4n) is 3.62. The molecular weight excluding hydrogens is 328 g/mol. The van der Waals surface area contributed by atoms with Gasteiger partial charge in [-0.1, -0.05) is 6.42 Å². The normalized spacial score (nSPS) is 23.2. The molecule has 0 spiro atoms. The molecule has 1 fully saturated rings. The topological polar surface area (TPSA) is 87.3 Å². The largest absolute Gasteiger partial charge is 0.480 e. The van der Waals surface area contributed by atoms with Gasteiger partial charge in [-0.15, -0.1) is 11.3 Å². The van der Waals surface area contributed by atoms with Crippen molar-refractivity contribution in [2.24, 2.45) is 5.92 Å². The lowest BCUT2D eigenvalue weighted by atomic mass is 9.79. The average Bonchev–Trinajstić information content (AvgIpc) is 3.12. The fourth-order valence-corrected chi connectivity index (χ4v) is 4.75. The van der Waals surface area contributed by atoms with Crippen molar-refractivity contribution in [2.75, 3.05) is 18.1 Å². The summed E-state index contributed by atoms with van der Waals surface area (Å²) in [6.45, 7) is 0.541. The Bertz CT molecular complexity index is 825. The Hall–Kier alpha value is -2.35. The minimum absolute atomic E-state index is 0.0135. The molecule has 2 amide bonds. The molecule has 7 nitrogen and oxygen atoms in total. The Morgan fingerprint density at radius 1 is 1.29 bits per heavy atom. The first-order chi connectivity index (χ1) is 11.7. The van der Waals surface area contributed by atoms with E-state index in [9.17, 15) is 9.59 Å². The van der Waals surface area contributed by atoms with Crippen LogP contribution in [0.5, 0.6) is 5.75 Å². The van der Waals surface area contributed by atoms with Crippen LogP contribution in [0, 0.1) is 5.92 Å². The molecule has 1 saturated carbocycles. The van der Waals surface area contributed by atoms with E-state index in [-0.39, 0.29) is 24.5 Å². The molecule has 4 heterocycles. The predicted octanol–water partition coefficient (Wildman–Crippen LogP) is 1.78. The van der Waals surface area contributed by atoms with E-state index in [4.69, 9.17) is 4.74 Å². The summed E-state index contributed by atoms with van der Waals surface area (Å²) in [4.78, 5) is 28.4. The van der Waals surface area contributed by atoms with Crippen LogP contribution in [-0.4, -0.2) is 41.2 Å². The van der Waals surface area contributed by atoms with Gasteiger partial charge in [-0.3, -0.25) is 14.7 Å². The van der Waals surface area contributed by atoms with Gasteiger partial charge < -0.3 is 15.0 Å². The number of thiophene rings is 1. The number of nitrogens with zero attached hydrogens (tertiary/aromatic N) is 2. The molecule has 8 heteroatoms. The molecule has 2 N–H and O–H groups in total. The number of hydrogen-bond acceptors (Lipinski definition) is 5. The van der Waals surface area contributed by atoms with Crippen LogP contribution in [0.3, 0.4) is 0 Å². The van der Waals surface area contributed by atoms with E-state index in [1.165, 1.54) is 17.8 Å². The highest BCUT2D eigenvalue weighted by atomic mass is 32.1. The number of carbonyl (C=O) groups excluding carboxylic acids is 2. The Labute approximate surface area is 142 Å². The van der Waals surface area contributed by atoms with Crippen LogP contribution in [0.15, 0.2) is 12.4 Å². The third-order valence-electron chi connectivity index (χ3n) is 5.13. The van der Waals surface area contributed by atoms with Crippen molar-refractivity contribution in [3.8, 4) is 16.2 Å². The molecule has 24 heavy (non-hydrogen) atoms. The Kier molecular flexibility index (Phi) is 2.97. The van der Waals surface area contributed by atoms with Gasteiger partial charge in [0, 0.05) is 18.3 Å². The number of amides is 2. The summed E-state index contributed by atoms with van der Waals surface area (Å²) in [5.41, 5.74) is 1.49. The zero-order valence-electron chi connectivity index (χ0n) is 12.9. The molecule has 124 valence electrons. The predicted molar refractivity (Wildman–Crippen MR) is 88.3 cm³/mol. The third-order valence-corrected chi connectivity index (χ3v) is 6.34. The zero-order valence-corrected chi connectivity index (χ0v) is 13.7. The first kappa shape index (κ1) is 14.0. The number of hydrogen-bond donors (Lipinski definition) is 2. The van der Waals surface area contributed by atoms with Crippen molar-refractivity contribution in [3.05, 3.63) is 17.3 Å². The minimum Gasteiger partial charge on any atom is -0.480 e. The van der Waals surface area contributed by atoms with E-state index in [0.29, 0.717) is 28.8 Å². The smallest absolute Gasteiger partial charge is 0.265 e. The van der Waals surface area contributed by atoms with Gasteiger partial charge in [0.25, 0.3) is 11.8 Å². The highest BCUT2D eigenvalue weighted by molar-refractivity contribution is 7.18. The van der Waals surface area contributed by atoms with Gasteiger partial charge in [0.05, 0.1) is 17.1 Å². The molecule has 0 bridgehead atoms. The highest BCUT2D eigenvalue weighted by Crippen LogP contribution is 2.50. The lowest BCUT2D eigenvalue weighted by Gasteiger charge is -2.36. The number of rotatable bonds is 2. The van der Waals surface area contributed by atoms with E-state index >= 15 is 0 Å². The summed E-state index contributed by atoms with van der Waals surface area (Å²) in [6, 6.07) is 0.0260. The molecule has 0 saturated heterocycles. The number of nitrogens with one attached hydrogen (secondary N) is 2. The second kappa shape index (κ2) is 5.07. The number of anilines is 1. The van der Waals surface area contributed by atoms with Gasteiger partial charge in [-0.2, -0.15) is 5.10 Å². The third kappa shape index (κ3) is 1.92.